The third kappa shape index (κ3) is 1.92. The molecule has 0 amide bonds. The van der Waals surface area contributed by atoms with E-state index in [0.29, 0.717) is 0 Å². The van der Waals surface area contributed by atoms with E-state index in [1.807, 2.05) is 0 Å². The maximum Gasteiger partial charge on any atom is 0.586 e. The van der Waals surface area contributed by atoms with Crippen molar-refractivity contribution in [3.8, 4) is 11.5 Å². The van der Waals surface area contributed by atoms with Crippen molar-refractivity contribution in [2.75, 3.05) is 7.11 Å². The van der Waals surface area contributed by atoms with Crippen LogP contribution < -0.4 is 9.47 Å². The highest BCUT2D eigenvalue weighted by atomic mass is 79.9. The third-order valence-corrected chi connectivity index (χ3v) is 2.72. The summed E-state index contributed by atoms with van der Waals surface area (Å²) in [7, 11) is 1.03. The molecule has 17 heavy (non-hydrogen) atoms. The summed E-state index contributed by atoms with van der Waals surface area (Å²) >= 11 is 2.72. The highest BCUT2D eigenvalue weighted by molar-refractivity contribution is 9.10. The van der Waals surface area contributed by atoms with E-state index in [2.05, 4.69) is 30.1 Å². The molecular formula is C9H4BrF3O4. The summed E-state index contributed by atoms with van der Waals surface area (Å²) in [4.78, 5) is 11.3. The van der Waals surface area contributed by atoms with Crippen molar-refractivity contribution in [3.63, 3.8) is 0 Å². The predicted octanol–water partition coefficient (Wildman–Crippen LogP) is 2.70. The standard InChI is InChI=1S/C9H4BrF3O4/c1-15-8(14)3-2-4(11)5(10)7-6(3)16-9(12,13)17-7/h2H,1H3. The minimum atomic E-state index is -3.94. The number of hydrogen-bond acceptors (Lipinski definition) is 4. The summed E-state index contributed by atoms with van der Waals surface area (Å²) in [6.07, 6.45) is -3.94. The summed E-state index contributed by atoms with van der Waals surface area (Å²) in [5, 5.41) is 0. The fourth-order valence-corrected chi connectivity index (χ4v) is 1.67. The van der Waals surface area contributed by atoms with Crippen LogP contribution in [0.15, 0.2) is 10.5 Å². The smallest absolute Gasteiger partial charge is 0.465 e. The molecule has 0 N–H and O–H groups in total. The molecule has 0 aromatic heterocycles. The predicted molar refractivity (Wildman–Crippen MR) is 51.6 cm³/mol. The van der Waals surface area contributed by atoms with Gasteiger partial charge < -0.3 is 14.2 Å². The molecule has 1 aliphatic heterocycles. The van der Waals surface area contributed by atoms with Gasteiger partial charge in [0.25, 0.3) is 0 Å². The Balaban J connectivity index is 2.63. The van der Waals surface area contributed by atoms with Gasteiger partial charge in [-0.25, -0.2) is 9.18 Å². The van der Waals surface area contributed by atoms with Gasteiger partial charge in [-0.3, -0.25) is 0 Å². The van der Waals surface area contributed by atoms with Crippen molar-refractivity contribution in [1.29, 1.82) is 0 Å². The first-order valence-corrected chi connectivity index (χ1v) is 5.01. The van der Waals surface area contributed by atoms with Crippen molar-refractivity contribution < 1.29 is 32.2 Å². The normalized spacial score (nSPS) is 15.8. The van der Waals surface area contributed by atoms with Crippen LogP contribution in [0.2, 0.25) is 0 Å². The molecule has 92 valence electrons. The lowest BCUT2D eigenvalue weighted by Crippen LogP contribution is -2.26. The molecule has 1 heterocycles. The number of halogens is 4. The molecule has 0 atom stereocenters. The minimum absolute atomic E-state index is 0.350. The SMILES string of the molecule is COC(=O)c1cc(F)c(Br)c2c1OC(F)(F)O2. The molecule has 0 radical (unpaired) electrons. The van der Waals surface area contributed by atoms with E-state index >= 15 is 0 Å². The number of ether oxygens (including phenoxy) is 3. The first-order chi connectivity index (χ1) is 7.85. The van der Waals surface area contributed by atoms with E-state index in [-0.39, 0.29) is 4.47 Å². The van der Waals surface area contributed by atoms with Gasteiger partial charge in [-0.2, -0.15) is 0 Å². The van der Waals surface area contributed by atoms with Crippen LogP contribution in [0, 0.1) is 5.82 Å². The molecule has 1 aromatic carbocycles. The average Bonchev–Trinajstić information content (AvgIpc) is 2.58. The Morgan fingerprint density at radius 3 is 2.59 bits per heavy atom. The second-order valence-electron chi connectivity index (χ2n) is 3.04. The second kappa shape index (κ2) is 3.80. The molecule has 4 nitrogen and oxygen atoms in total. The third-order valence-electron chi connectivity index (χ3n) is 1.98. The molecule has 0 unspecified atom stereocenters. The second-order valence-corrected chi connectivity index (χ2v) is 3.83. The Morgan fingerprint density at radius 1 is 1.41 bits per heavy atom. The maximum absolute atomic E-state index is 13.3. The summed E-state index contributed by atoms with van der Waals surface area (Å²) in [5.41, 5.74) is -0.472. The number of carbonyl (C=O) groups is 1. The molecule has 0 saturated heterocycles. The Kier molecular flexibility index (Phi) is 2.69. The molecule has 0 bridgehead atoms. The van der Waals surface area contributed by atoms with Gasteiger partial charge >= 0.3 is 12.3 Å². The Morgan fingerprint density at radius 2 is 2.00 bits per heavy atom. The molecule has 0 fully saturated rings. The lowest BCUT2D eigenvalue weighted by Gasteiger charge is -2.05. The summed E-state index contributed by atoms with van der Waals surface area (Å²) in [6, 6.07) is 0.722. The van der Waals surface area contributed by atoms with Crippen LogP contribution in [-0.2, 0) is 4.74 Å². The van der Waals surface area contributed by atoms with E-state index in [4.69, 9.17) is 0 Å². The van der Waals surface area contributed by atoms with E-state index in [9.17, 15) is 18.0 Å². The Hall–Kier alpha value is -1.44. The van der Waals surface area contributed by atoms with Crippen LogP contribution in [0.1, 0.15) is 10.4 Å². The zero-order valence-corrected chi connectivity index (χ0v) is 9.81. The fourth-order valence-electron chi connectivity index (χ4n) is 1.30. The van der Waals surface area contributed by atoms with E-state index < -0.39 is 35.1 Å². The van der Waals surface area contributed by atoms with E-state index in [0.717, 1.165) is 13.2 Å². The van der Waals surface area contributed by atoms with Gasteiger partial charge in [-0.1, -0.05) is 0 Å². The number of rotatable bonds is 1. The number of alkyl halides is 2. The molecule has 0 spiro atoms. The number of hydrogen-bond donors (Lipinski definition) is 0. The lowest BCUT2D eigenvalue weighted by molar-refractivity contribution is -0.287. The number of carbonyl (C=O) groups excluding carboxylic acids is 1. The Bertz CT molecular complexity index is 504. The van der Waals surface area contributed by atoms with Crippen LogP contribution >= 0.6 is 15.9 Å². The number of methoxy groups -OCH3 is 1. The van der Waals surface area contributed by atoms with E-state index in [1.165, 1.54) is 0 Å². The summed E-state index contributed by atoms with van der Waals surface area (Å²) in [5.74, 6) is -3.08. The summed E-state index contributed by atoms with van der Waals surface area (Å²) < 4.78 is 51.3. The van der Waals surface area contributed by atoms with E-state index in [1.54, 1.807) is 0 Å². The number of esters is 1. The lowest BCUT2D eigenvalue weighted by atomic mass is 10.2. The zero-order chi connectivity index (χ0) is 12.8. The van der Waals surface area contributed by atoms with Gasteiger partial charge in [-0.05, 0) is 22.0 Å². The van der Waals surface area contributed by atoms with Crippen LogP contribution in [0.4, 0.5) is 13.2 Å². The van der Waals surface area contributed by atoms with Crippen LogP contribution in [0.25, 0.3) is 0 Å². The zero-order valence-electron chi connectivity index (χ0n) is 8.22. The van der Waals surface area contributed by atoms with Crippen molar-refractivity contribution in [3.05, 3.63) is 21.9 Å². The average molecular weight is 313 g/mol. The highest BCUT2D eigenvalue weighted by Crippen LogP contribution is 2.48. The largest absolute Gasteiger partial charge is 0.586 e. The highest BCUT2D eigenvalue weighted by Gasteiger charge is 2.47. The summed E-state index contributed by atoms with van der Waals surface area (Å²) in [6.45, 7) is 0. The van der Waals surface area contributed by atoms with Gasteiger partial charge in [0.1, 0.15) is 11.4 Å². The quantitative estimate of drug-likeness (QED) is 0.748. The molecule has 0 aliphatic carbocycles. The first-order valence-electron chi connectivity index (χ1n) is 4.22. The number of fused-ring (bicyclic) bond motifs is 1. The monoisotopic (exact) mass is 312 g/mol. The van der Waals surface area contributed by atoms with Crippen LogP contribution in [0.5, 0.6) is 11.5 Å². The van der Waals surface area contributed by atoms with Gasteiger partial charge in [0.05, 0.1) is 11.6 Å². The van der Waals surface area contributed by atoms with Crippen LogP contribution in [-0.4, -0.2) is 19.4 Å². The minimum Gasteiger partial charge on any atom is -0.465 e. The van der Waals surface area contributed by atoms with Crippen molar-refractivity contribution in [2.24, 2.45) is 0 Å². The van der Waals surface area contributed by atoms with Gasteiger partial charge in [0, 0.05) is 0 Å². The first kappa shape index (κ1) is 12.0. The molecule has 1 aromatic rings. The van der Waals surface area contributed by atoms with Crippen LogP contribution in [0.3, 0.4) is 0 Å². The maximum atomic E-state index is 13.3. The van der Waals surface area contributed by atoms with Gasteiger partial charge in [0.15, 0.2) is 11.5 Å². The molecule has 1 aliphatic rings. The van der Waals surface area contributed by atoms with Gasteiger partial charge in [-0.15, -0.1) is 8.78 Å². The molecule has 0 saturated carbocycles. The van der Waals surface area contributed by atoms with Crippen molar-refractivity contribution in [2.45, 2.75) is 6.29 Å². The molecule has 2 rings (SSSR count). The topological polar surface area (TPSA) is 44.8 Å². The molecular weight excluding hydrogens is 309 g/mol. The molecule has 8 heteroatoms. The Labute approximate surface area is 101 Å². The van der Waals surface area contributed by atoms with Gasteiger partial charge in [0.2, 0.25) is 0 Å². The van der Waals surface area contributed by atoms with Crippen molar-refractivity contribution in [1.82, 2.24) is 0 Å². The fraction of sp³-hybridized carbons (Fsp3) is 0.222. The van der Waals surface area contributed by atoms with Crippen molar-refractivity contribution >= 4 is 21.9 Å². The number of benzene rings is 1.